The van der Waals surface area contributed by atoms with Gasteiger partial charge in [-0.25, -0.2) is 4.79 Å². The summed E-state index contributed by atoms with van der Waals surface area (Å²) in [7, 11) is 0. The molecule has 0 saturated carbocycles. The van der Waals surface area contributed by atoms with Crippen molar-refractivity contribution in [1.29, 1.82) is 0 Å². The zero-order valence-corrected chi connectivity index (χ0v) is 13.8. The van der Waals surface area contributed by atoms with Crippen LogP contribution in [-0.2, 0) is 4.79 Å². The van der Waals surface area contributed by atoms with Crippen LogP contribution in [0.1, 0.15) is 18.5 Å². The zero-order valence-electron chi connectivity index (χ0n) is 12.3. The van der Waals surface area contributed by atoms with Crippen LogP contribution in [0.2, 0.25) is 10.0 Å². The number of benzene rings is 2. The summed E-state index contributed by atoms with van der Waals surface area (Å²) in [5.41, 5.74) is 1.73. The molecule has 0 saturated heterocycles. The van der Waals surface area contributed by atoms with E-state index in [4.69, 9.17) is 23.2 Å². The summed E-state index contributed by atoms with van der Waals surface area (Å²) in [6.45, 7) is 1.86. The molecule has 23 heavy (non-hydrogen) atoms. The van der Waals surface area contributed by atoms with E-state index in [-0.39, 0.29) is 17.7 Å². The van der Waals surface area contributed by atoms with Crippen molar-refractivity contribution >= 4 is 40.6 Å². The Kier molecular flexibility index (Phi) is 4.28. The minimum atomic E-state index is -1.02. The van der Waals surface area contributed by atoms with Crippen molar-refractivity contribution in [2.45, 2.75) is 13.0 Å². The summed E-state index contributed by atoms with van der Waals surface area (Å²) < 4.78 is 0. The lowest BCUT2D eigenvalue weighted by Gasteiger charge is -2.27. The molecule has 1 aliphatic rings. The van der Waals surface area contributed by atoms with Gasteiger partial charge in [0.25, 0.3) is 0 Å². The summed E-state index contributed by atoms with van der Waals surface area (Å²) in [6, 6.07) is 14.5. The first-order valence-corrected chi connectivity index (χ1v) is 7.85. The third-order valence-electron chi connectivity index (χ3n) is 3.90. The van der Waals surface area contributed by atoms with E-state index >= 15 is 0 Å². The number of aliphatic carboxylic acids is 1. The maximum atomic E-state index is 11.5. The molecule has 0 bridgehead atoms. The Hall–Kier alpha value is -2.04. The minimum Gasteiger partial charge on any atom is -0.477 e. The number of hydrazone groups is 1. The number of hydrogen-bond acceptors (Lipinski definition) is 3. The molecule has 3 rings (SSSR count). The zero-order chi connectivity index (χ0) is 16.6. The fourth-order valence-corrected chi connectivity index (χ4v) is 3.31. The van der Waals surface area contributed by atoms with Crippen molar-refractivity contribution in [3.8, 4) is 0 Å². The Morgan fingerprint density at radius 3 is 2.48 bits per heavy atom. The molecule has 0 fully saturated rings. The molecule has 0 radical (unpaired) electrons. The van der Waals surface area contributed by atoms with Crippen LogP contribution in [0, 0.1) is 5.92 Å². The normalized spacial score (nSPS) is 20.5. The van der Waals surface area contributed by atoms with Gasteiger partial charge >= 0.3 is 5.97 Å². The highest BCUT2D eigenvalue weighted by Gasteiger charge is 2.39. The maximum Gasteiger partial charge on any atom is 0.352 e. The molecule has 1 aliphatic heterocycles. The molecule has 2 atom stereocenters. The predicted molar refractivity (Wildman–Crippen MR) is 92.4 cm³/mol. The number of carbonyl (C=O) groups is 1. The van der Waals surface area contributed by atoms with E-state index in [1.54, 1.807) is 23.2 Å². The molecule has 1 heterocycles. The molecule has 2 aromatic rings. The molecular formula is C17H14Cl2N2O2. The summed E-state index contributed by atoms with van der Waals surface area (Å²) in [6.07, 6.45) is 0. The highest BCUT2D eigenvalue weighted by molar-refractivity contribution is 6.38. The lowest BCUT2D eigenvalue weighted by Crippen LogP contribution is -2.25. The number of carboxylic acid groups (broad SMARTS) is 1. The number of nitrogens with zero attached hydrogens (tertiary/aromatic N) is 2. The molecule has 6 heteroatoms. The first-order chi connectivity index (χ1) is 11.0. The van der Waals surface area contributed by atoms with Gasteiger partial charge in [-0.05, 0) is 23.8 Å². The van der Waals surface area contributed by atoms with Crippen LogP contribution in [0.15, 0.2) is 53.6 Å². The third kappa shape index (κ3) is 2.92. The Bertz CT molecular complexity index is 777. The SMILES string of the molecule is C[C@H]1C(C(=O)O)=NN(c2ccc(Cl)cc2Cl)[C@@H]1c1ccccc1. The third-order valence-corrected chi connectivity index (χ3v) is 4.44. The maximum absolute atomic E-state index is 11.5. The van der Waals surface area contributed by atoms with E-state index in [1.165, 1.54) is 0 Å². The fourth-order valence-electron chi connectivity index (χ4n) is 2.82. The lowest BCUT2D eigenvalue weighted by atomic mass is 9.91. The number of carboxylic acids is 1. The Labute approximate surface area is 143 Å². The second kappa shape index (κ2) is 6.22. The van der Waals surface area contributed by atoms with Gasteiger partial charge in [0, 0.05) is 10.9 Å². The van der Waals surface area contributed by atoms with Crippen LogP contribution in [0.4, 0.5) is 5.69 Å². The standard InChI is InChI=1S/C17H14Cl2N2O2/c1-10-15(17(22)23)20-21(14-8-7-12(18)9-13(14)19)16(10)11-5-3-2-4-6-11/h2-10,16H,1H3,(H,22,23)/t10-,16-/m0/s1. The van der Waals surface area contributed by atoms with Gasteiger partial charge in [0.2, 0.25) is 0 Å². The van der Waals surface area contributed by atoms with Gasteiger partial charge in [0.05, 0.1) is 16.8 Å². The number of rotatable bonds is 3. The molecular weight excluding hydrogens is 335 g/mol. The first kappa shape index (κ1) is 15.8. The van der Waals surface area contributed by atoms with Crippen LogP contribution >= 0.6 is 23.2 Å². The monoisotopic (exact) mass is 348 g/mol. The van der Waals surface area contributed by atoms with Gasteiger partial charge in [-0.15, -0.1) is 0 Å². The van der Waals surface area contributed by atoms with Crippen molar-refractivity contribution in [3.63, 3.8) is 0 Å². The van der Waals surface area contributed by atoms with Gasteiger partial charge < -0.3 is 5.11 Å². The molecule has 0 spiro atoms. The van der Waals surface area contributed by atoms with Gasteiger partial charge in [0.1, 0.15) is 0 Å². The highest BCUT2D eigenvalue weighted by atomic mass is 35.5. The summed E-state index contributed by atoms with van der Waals surface area (Å²) >= 11 is 12.2. The molecule has 0 aliphatic carbocycles. The van der Waals surface area contributed by atoms with E-state index in [0.29, 0.717) is 15.7 Å². The van der Waals surface area contributed by atoms with Gasteiger partial charge in [-0.3, -0.25) is 5.01 Å². The molecule has 0 amide bonds. The molecule has 2 aromatic carbocycles. The Balaban J connectivity index is 2.11. The van der Waals surface area contributed by atoms with Crippen LogP contribution in [0.5, 0.6) is 0 Å². The Morgan fingerprint density at radius 1 is 1.17 bits per heavy atom. The second-order valence-corrected chi connectivity index (χ2v) is 6.22. The lowest BCUT2D eigenvalue weighted by molar-refractivity contribution is -0.129. The second-order valence-electron chi connectivity index (χ2n) is 5.37. The van der Waals surface area contributed by atoms with Crippen molar-refractivity contribution in [2.24, 2.45) is 11.0 Å². The van der Waals surface area contributed by atoms with Crippen LogP contribution in [0.25, 0.3) is 0 Å². The largest absolute Gasteiger partial charge is 0.477 e. The van der Waals surface area contributed by atoms with E-state index in [1.807, 2.05) is 37.3 Å². The van der Waals surface area contributed by atoms with Crippen molar-refractivity contribution in [1.82, 2.24) is 0 Å². The van der Waals surface area contributed by atoms with E-state index in [2.05, 4.69) is 5.10 Å². The predicted octanol–water partition coefficient (Wildman–Crippen LogP) is 4.63. The number of halogens is 2. The highest BCUT2D eigenvalue weighted by Crippen LogP contribution is 2.42. The number of anilines is 1. The Morgan fingerprint density at radius 2 is 1.87 bits per heavy atom. The van der Waals surface area contributed by atoms with E-state index < -0.39 is 5.97 Å². The van der Waals surface area contributed by atoms with Gasteiger partial charge in [-0.2, -0.15) is 5.10 Å². The van der Waals surface area contributed by atoms with Crippen LogP contribution < -0.4 is 5.01 Å². The van der Waals surface area contributed by atoms with Gasteiger partial charge in [-0.1, -0.05) is 60.5 Å². The average Bonchev–Trinajstić information content (AvgIpc) is 2.85. The van der Waals surface area contributed by atoms with Crippen LogP contribution in [-0.4, -0.2) is 16.8 Å². The summed E-state index contributed by atoms with van der Waals surface area (Å²) in [4.78, 5) is 11.5. The van der Waals surface area contributed by atoms with E-state index in [0.717, 1.165) is 5.56 Å². The first-order valence-electron chi connectivity index (χ1n) is 7.10. The quantitative estimate of drug-likeness (QED) is 0.879. The minimum absolute atomic E-state index is 0.116. The summed E-state index contributed by atoms with van der Waals surface area (Å²) in [5, 5.41) is 16.3. The van der Waals surface area contributed by atoms with Crippen molar-refractivity contribution in [2.75, 3.05) is 5.01 Å². The molecule has 118 valence electrons. The van der Waals surface area contributed by atoms with E-state index in [9.17, 15) is 9.90 Å². The molecule has 0 unspecified atom stereocenters. The molecule has 4 nitrogen and oxygen atoms in total. The molecule has 1 N–H and O–H groups in total. The molecule has 0 aromatic heterocycles. The van der Waals surface area contributed by atoms with Crippen molar-refractivity contribution < 1.29 is 9.90 Å². The smallest absolute Gasteiger partial charge is 0.352 e. The topological polar surface area (TPSA) is 52.9 Å². The van der Waals surface area contributed by atoms with Gasteiger partial charge in [0.15, 0.2) is 5.71 Å². The summed E-state index contributed by atoms with van der Waals surface area (Å²) in [5.74, 6) is -1.30. The number of hydrogen-bond donors (Lipinski definition) is 1. The van der Waals surface area contributed by atoms with Crippen LogP contribution in [0.3, 0.4) is 0 Å². The average molecular weight is 349 g/mol. The van der Waals surface area contributed by atoms with Crippen molar-refractivity contribution in [3.05, 3.63) is 64.1 Å². The fraction of sp³-hybridized carbons (Fsp3) is 0.176.